The van der Waals surface area contributed by atoms with E-state index >= 15 is 0 Å². The van der Waals surface area contributed by atoms with Gasteiger partial charge in [0.1, 0.15) is 0 Å². The van der Waals surface area contributed by atoms with E-state index in [-0.39, 0.29) is 0 Å². The van der Waals surface area contributed by atoms with Crippen LogP contribution in [0, 0.1) is 5.92 Å². The SMILES string of the molecule is CC1\C=C/C=C(c2ccc(-c3ccc([Si](C)(C)C)cc3)cc2)\C=C\C1. The molecule has 0 heterocycles. The number of hydrogen-bond donors (Lipinski definition) is 0. The molecule has 1 aliphatic rings. The quantitative estimate of drug-likeness (QED) is 0.562. The second-order valence-electron chi connectivity index (χ2n) is 8.03. The van der Waals surface area contributed by atoms with Crippen LogP contribution in [0.4, 0.5) is 0 Å². The average Bonchev–Trinajstić information content (AvgIpc) is 2.58. The molecule has 1 heteroatoms. The number of hydrogen-bond acceptors (Lipinski definition) is 0. The lowest BCUT2D eigenvalue weighted by atomic mass is 9.97. The zero-order chi connectivity index (χ0) is 17.9. The summed E-state index contributed by atoms with van der Waals surface area (Å²) in [6.45, 7) is 9.43. The normalized spacial score (nSPS) is 22.4. The van der Waals surface area contributed by atoms with Gasteiger partial charge < -0.3 is 0 Å². The summed E-state index contributed by atoms with van der Waals surface area (Å²) in [5.41, 5.74) is 5.14. The molecule has 128 valence electrons. The van der Waals surface area contributed by atoms with Crippen LogP contribution in [0.25, 0.3) is 16.7 Å². The molecule has 2 aromatic carbocycles. The Morgan fingerprint density at radius 2 is 1.36 bits per heavy atom. The molecular formula is C24H28Si. The highest BCUT2D eigenvalue weighted by molar-refractivity contribution is 6.88. The van der Waals surface area contributed by atoms with E-state index in [0.717, 1.165) is 6.42 Å². The molecule has 1 aliphatic carbocycles. The van der Waals surface area contributed by atoms with Crippen molar-refractivity contribution in [2.75, 3.05) is 0 Å². The van der Waals surface area contributed by atoms with Crippen molar-refractivity contribution in [3.63, 3.8) is 0 Å². The number of benzene rings is 2. The predicted molar refractivity (Wildman–Crippen MR) is 115 cm³/mol. The van der Waals surface area contributed by atoms with E-state index in [1.54, 1.807) is 0 Å². The Balaban J connectivity index is 1.83. The van der Waals surface area contributed by atoms with E-state index in [9.17, 15) is 0 Å². The molecule has 2 aromatic rings. The van der Waals surface area contributed by atoms with Crippen LogP contribution in [0.15, 0.2) is 78.9 Å². The van der Waals surface area contributed by atoms with Crippen molar-refractivity contribution < 1.29 is 0 Å². The van der Waals surface area contributed by atoms with Crippen molar-refractivity contribution in [3.05, 3.63) is 84.5 Å². The topological polar surface area (TPSA) is 0 Å². The van der Waals surface area contributed by atoms with Crippen molar-refractivity contribution in [2.45, 2.75) is 33.0 Å². The molecule has 0 aliphatic heterocycles. The third-order valence-corrected chi connectivity index (χ3v) is 6.89. The Hall–Kier alpha value is -2.12. The minimum absolute atomic E-state index is 0.621. The fourth-order valence-corrected chi connectivity index (χ4v) is 4.27. The van der Waals surface area contributed by atoms with Crippen molar-refractivity contribution in [1.29, 1.82) is 0 Å². The van der Waals surface area contributed by atoms with Gasteiger partial charge in [-0.1, -0.05) is 111 Å². The summed E-state index contributed by atoms with van der Waals surface area (Å²) >= 11 is 0. The first-order chi connectivity index (χ1) is 11.9. The lowest BCUT2D eigenvalue weighted by Crippen LogP contribution is -2.37. The van der Waals surface area contributed by atoms with Gasteiger partial charge in [-0.2, -0.15) is 0 Å². The van der Waals surface area contributed by atoms with Gasteiger partial charge in [-0.25, -0.2) is 0 Å². The molecule has 1 unspecified atom stereocenters. The molecule has 0 aromatic heterocycles. The van der Waals surface area contributed by atoms with Crippen LogP contribution >= 0.6 is 0 Å². The first kappa shape index (κ1) is 17.7. The fraction of sp³-hybridized carbons (Fsp3) is 0.250. The summed E-state index contributed by atoms with van der Waals surface area (Å²) in [6, 6.07) is 18.1. The number of rotatable bonds is 3. The largest absolute Gasteiger partial charge is 0.0833 e. The first-order valence-electron chi connectivity index (χ1n) is 9.20. The van der Waals surface area contributed by atoms with E-state index in [0.29, 0.717) is 5.92 Å². The van der Waals surface area contributed by atoms with E-state index in [2.05, 4.69) is 105 Å². The van der Waals surface area contributed by atoms with Crippen molar-refractivity contribution in [1.82, 2.24) is 0 Å². The highest BCUT2D eigenvalue weighted by Crippen LogP contribution is 2.24. The van der Waals surface area contributed by atoms with E-state index in [4.69, 9.17) is 0 Å². The standard InChI is InChI=1S/C24H28Si/c1-19-7-5-9-20(10-6-8-19)21-11-13-22(14-12-21)23-15-17-24(18-16-23)25(2,3)4/h5-7,9-19H,8H2,1-4H3/b7-5-,10-6+,20-9+. The molecule has 0 nitrogen and oxygen atoms in total. The molecule has 0 bridgehead atoms. The Morgan fingerprint density at radius 3 is 1.96 bits per heavy atom. The molecule has 0 fully saturated rings. The molecule has 0 radical (unpaired) electrons. The van der Waals surface area contributed by atoms with Gasteiger partial charge in [0.25, 0.3) is 0 Å². The summed E-state index contributed by atoms with van der Waals surface area (Å²) in [5.74, 6) is 0.621. The van der Waals surface area contributed by atoms with Gasteiger partial charge in [0.2, 0.25) is 0 Å². The van der Waals surface area contributed by atoms with E-state index < -0.39 is 8.07 Å². The third kappa shape index (κ3) is 4.49. The van der Waals surface area contributed by atoms with E-state index in [1.165, 1.54) is 27.5 Å². The molecule has 0 saturated heterocycles. The van der Waals surface area contributed by atoms with Gasteiger partial charge in [0.15, 0.2) is 0 Å². The van der Waals surface area contributed by atoms with Gasteiger partial charge in [-0.05, 0) is 34.6 Å². The first-order valence-corrected chi connectivity index (χ1v) is 12.7. The van der Waals surface area contributed by atoms with Gasteiger partial charge in [-0.3, -0.25) is 0 Å². The summed E-state index contributed by atoms with van der Waals surface area (Å²) in [7, 11) is -1.22. The van der Waals surface area contributed by atoms with Crippen LogP contribution in [0.1, 0.15) is 18.9 Å². The van der Waals surface area contributed by atoms with Crippen LogP contribution in [0.5, 0.6) is 0 Å². The minimum atomic E-state index is -1.22. The van der Waals surface area contributed by atoms with Crippen LogP contribution in [-0.2, 0) is 0 Å². The Labute approximate surface area is 153 Å². The number of allylic oxidation sites excluding steroid dienone is 6. The van der Waals surface area contributed by atoms with Crippen LogP contribution < -0.4 is 5.19 Å². The molecular weight excluding hydrogens is 316 g/mol. The molecule has 0 spiro atoms. The fourth-order valence-electron chi connectivity index (χ4n) is 3.10. The molecule has 0 saturated carbocycles. The van der Waals surface area contributed by atoms with Crippen molar-refractivity contribution in [3.8, 4) is 11.1 Å². The predicted octanol–water partition coefficient (Wildman–Crippen LogP) is 6.43. The van der Waals surface area contributed by atoms with E-state index in [1.807, 2.05) is 0 Å². The third-order valence-electron chi connectivity index (χ3n) is 4.82. The molecule has 0 amide bonds. The van der Waals surface area contributed by atoms with Crippen LogP contribution in [0.2, 0.25) is 19.6 Å². The Kier molecular flexibility index (Phi) is 5.24. The zero-order valence-corrected chi connectivity index (χ0v) is 16.8. The maximum absolute atomic E-state index is 2.39. The summed E-state index contributed by atoms with van der Waals surface area (Å²) < 4.78 is 0. The highest BCUT2D eigenvalue weighted by atomic mass is 28.3. The lowest BCUT2D eigenvalue weighted by molar-refractivity contribution is 0.744. The van der Waals surface area contributed by atoms with Crippen LogP contribution in [-0.4, -0.2) is 8.07 Å². The van der Waals surface area contributed by atoms with Gasteiger partial charge >= 0.3 is 0 Å². The van der Waals surface area contributed by atoms with Gasteiger partial charge in [0.05, 0.1) is 8.07 Å². The van der Waals surface area contributed by atoms with Crippen molar-refractivity contribution >= 4 is 18.8 Å². The maximum Gasteiger partial charge on any atom is 0.0775 e. The monoisotopic (exact) mass is 344 g/mol. The summed E-state index contributed by atoms with van der Waals surface area (Å²) in [6.07, 6.45) is 12.3. The molecule has 1 atom stereocenters. The smallest absolute Gasteiger partial charge is 0.0775 e. The molecule has 0 N–H and O–H groups in total. The summed E-state index contributed by atoms with van der Waals surface area (Å²) in [5, 5.41) is 1.51. The second-order valence-corrected chi connectivity index (χ2v) is 13.1. The average molecular weight is 345 g/mol. The highest BCUT2D eigenvalue weighted by Gasteiger charge is 2.15. The lowest BCUT2D eigenvalue weighted by Gasteiger charge is -2.17. The van der Waals surface area contributed by atoms with Crippen LogP contribution in [0.3, 0.4) is 0 Å². The second kappa shape index (κ2) is 7.41. The van der Waals surface area contributed by atoms with Crippen molar-refractivity contribution in [2.24, 2.45) is 5.92 Å². The Bertz CT molecular complexity index is 797. The molecule has 3 rings (SSSR count). The molecule has 25 heavy (non-hydrogen) atoms. The summed E-state index contributed by atoms with van der Waals surface area (Å²) in [4.78, 5) is 0. The maximum atomic E-state index is 2.39. The zero-order valence-electron chi connectivity index (χ0n) is 15.8. The van der Waals surface area contributed by atoms with Gasteiger partial charge in [-0.15, -0.1) is 0 Å². The Morgan fingerprint density at radius 1 is 0.800 bits per heavy atom. The van der Waals surface area contributed by atoms with Gasteiger partial charge in [0, 0.05) is 0 Å². The minimum Gasteiger partial charge on any atom is -0.0833 e.